The number of carbonyl (C=O) groups excluding carboxylic acids is 1. The number of hydrogen-bond donors (Lipinski definition) is 2. The van der Waals surface area contributed by atoms with E-state index in [1.165, 1.54) is 12.8 Å². The number of benzene rings is 1. The lowest BCUT2D eigenvalue weighted by atomic mass is 9.99. The van der Waals surface area contributed by atoms with Crippen LogP contribution in [0.5, 0.6) is 0 Å². The summed E-state index contributed by atoms with van der Waals surface area (Å²) >= 11 is 0. The first kappa shape index (κ1) is 14.6. The highest BCUT2D eigenvalue weighted by molar-refractivity contribution is 5.92. The summed E-state index contributed by atoms with van der Waals surface area (Å²) in [5, 5.41) is 11.6. The van der Waals surface area contributed by atoms with Crippen molar-refractivity contribution in [1.29, 1.82) is 0 Å². The van der Waals surface area contributed by atoms with Crippen molar-refractivity contribution >= 4 is 17.6 Å². The Bertz CT molecular complexity index is 459. The predicted molar refractivity (Wildman–Crippen MR) is 77.6 cm³/mol. The van der Waals surface area contributed by atoms with Crippen molar-refractivity contribution in [3.05, 3.63) is 29.8 Å². The number of hydrogen-bond acceptors (Lipinski definition) is 2. The summed E-state index contributed by atoms with van der Waals surface area (Å²) < 4.78 is 0. The van der Waals surface area contributed by atoms with Gasteiger partial charge in [-0.25, -0.2) is 0 Å². The van der Waals surface area contributed by atoms with Crippen molar-refractivity contribution in [2.75, 3.05) is 5.32 Å². The van der Waals surface area contributed by atoms with E-state index in [0.717, 1.165) is 36.9 Å². The van der Waals surface area contributed by atoms with Gasteiger partial charge in [-0.05, 0) is 30.5 Å². The Labute approximate surface area is 119 Å². The number of carboxylic acid groups (broad SMARTS) is 1. The first-order chi connectivity index (χ1) is 9.65. The molecule has 1 aliphatic rings. The Morgan fingerprint density at radius 2 is 1.65 bits per heavy atom. The monoisotopic (exact) mass is 275 g/mol. The molecule has 0 saturated heterocycles. The molecule has 4 heteroatoms. The van der Waals surface area contributed by atoms with Gasteiger partial charge in [0.1, 0.15) is 0 Å². The molecule has 1 aromatic rings. The quantitative estimate of drug-likeness (QED) is 0.829. The number of amides is 1. The second-order valence-electron chi connectivity index (χ2n) is 5.45. The molecule has 4 nitrogen and oxygen atoms in total. The van der Waals surface area contributed by atoms with Gasteiger partial charge in [-0.3, -0.25) is 9.59 Å². The van der Waals surface area contributed by atoms with Gasteiger partial charge in [0.05, 0.1) is 6.42 Å². The van der Waals surface area contributed by atoms with Gasteiger partial charge in [0, 0.05) is 11.6 Å². The van der Waals surface area contributed by atoms with Crippen LogP contribution in [0, 0.1) is 5.92 Å². The number of aliphatic carboxylic acids is 1. The molecular weight excluding hydrogens is 254 g/mol. The van der Waals surface area contributed by atoms with E-state index in [1.807, 2.05) is 0 Å². The Hall–Kier alpha value is -1.84. The van der Waals surface area contributed by atoms with Gasteiger partial charge in [-0.1, -0.05) is 37.8 Å². The fraction of sp³-hybridized carbons (Fsp3) is 0.500. The van der Waals surface area contributed by atoms with Crippen LogP contribution in [0.3, 0.4) is 0 Å². The lowest BCUT2D eigenvalue weighted by molar-refractivity contribution is -0.136. The van der Waals surface area contributed by atoms with Crippen LogP contribution < -0.4 is 5.32 Å². The zero-order valence-corrected chi connectivity index (χ0v) is 11.6. The van der Waals surface area contributed by atoms with Crippen LogP contribution in [0.1, 0.15) is 44.1 Å². The number of anilines is 1. The molecule has 0 heterocycles. The van der Waals surface area contributed by atoms with Gasteiger partial charge in [-0.2, -0.15) is 0 Å². The topological polar surface area (TPSA) is 66.4 Å². The van der Waals surface area contributed by atoms with E-state index >= 15 is 0 Å². The molecule has 0 unspecified atom stereocenters. The number of rotatable bonds is 4. The lowest BCUT2D eigenvalue weighted by Gasteiger charge is -2.14. The van der Waals surface area contributed by atoms with Crippen LogP contribution in [0.4, 0.5) is 5.69 Å². The molecule has 0 aliphatic heterocycles. The van der Waals surface area contributed by atoms with E-state index in [-0.39, 0.29) is 18.2 Å². The molecule has 1 amide bonds. The molecule has 1 saturated carbocycles. The molecule has 1 aliphatic carbocycles. The fourth-order valence-electron chi connectivity index (χ4n) is 2.67. The Morgan fingerprint density at radius 1 is 1.05 bits per heavy atom. The van der Waals surface area contributed by atoms with Crippen molar-refractivity contribution in [1.82, 2.24) is 0 Å². The third kappa shape index (κ3) is 4.37. The zero-order chi connectivity index (χ0) is 14.4. The second kappa shape index (κ2) is 7.08. The SMILES string of the molecule is O=C(O)Cc1ccc(NC(=O)C2CCCCCC2)cc1. The second-order valence-corrected chi connectivity index (χ2v) is 5.45. The molecule has 0 bridgehead atoms. The summed E-state index contributed by atoms with van der Waals surface area (Å²) in [7, 11) is 0. The largest absolute Gasteiger partial charge is 0.481 e. The average Bonchev–Trinajstić information content (AvgIpc) is 2.69. The number of nitrogens with one attached hydrogen (secondary N) is 1. The number of carboxylic acids is 1. The first-order valence-electron chi connectivity index (χ1n) is 7.27. The molecule has 0 spiro atoms. The minimum Gasteiger partial charge on any atom is -0.481 e. The van der Waals surface area contributed by atoms with E-state index in [2.05, 4.69) is 5.32 Å². The molecule has 1 aromatic carbocycles. The van der Waals surface area contributed by atoms with Crippen LogP contribution in [0.25, 0.3) is 0 Å². The molecular formula is C16H21NO3. The average molecular weight is 275 g/mol. The maximum absolute atomic E-state index is 12.2. The summed E-state index contributed by atoms with van der Waals surface area (Å²) in [4.78, 5) is 22.8. The van der Waals surface area contributed by atoms with Crippen molar-refractivity contribution < 1.29 is 14.7 Å². The highest BCUT2D eigenvalue weighted by Crippen LogP contribution is 2.24. The molecule has 0 aromatic heterocycles. The molecule has 1 fully saturated rings. The summed E-state index contributed by atoms with van der Waals surface area (Å²) in [6, 6.07) is 7.04. The molecule has 2 N–H and O–H groups in total. The van der Waals surface area contributed by atoms with Crippen molar-refractivity contribution in [3.63, 3.8) is 0 Å². The molecule has 2 rings (SSSR count). The smallest absolute Gasteiger partial charge is 0.307 e. The maximum Gasteiger partial charge on any atom is 0.307 e. The summed E-state index contributed by atoms with van der Waals surface area (Å²) in [6.45, 7) is 0. The van der Waals surface area contributed by atoms with Crippen molar-refractivity contribution in [3.8, 4) is 0 Å². The number of carbonyl (C=O) groups is 2. The third-order valence-electron chi connectivity index (χ3n) is 3.80. The van der Waals surface area contributed by atoms with Crippen LogP contribution in [-0.4, -0.2) is 17.0 Å². The zero-order valence-electron chi connectivity index (χ0n) is 11.6. The van der Waals surface area contributed by atoms with Crippen LogP contribution in [0.15, 0.2) is 24.3 Å². The highest BCUT2D eigenvalue weighted by atomic mass is 16.4. The Morgan fingerprint density at radius 3 is 2.20 bits per heavy atom. The van der Waals surface area contributed by atoms with E-state index in [0.29, 0.717) is 0 Å². The van der Waals surface area contributed by atoms with Crippen LogP contribution in [-0.2, 0) is 16.0 Å². The Balaban J connectivity index is 1.91. The minimum absolute atomic E-state index is 0.0108. The van der Waals surface area contributed by atoms with E-state index in [9.17, 15) is 9.59 Å². The maximum atomic E-state index is 12.2. The Kier molecular flexibility index (Phi) is 5.16. The van der Waals surface area contributed by atoms with Crippen LogP contribution in [0.2, 0.25) is 0 Å². The van der Waals surface area contributed by atoms with Gasteiger partial charge in [0.15, 0.2) is 0 Å². The van der Waals surface area contributed by atoms with Crippen molar-refractivity contribution in [2.24, 2.45) is 5.92 Å². The van der Waals surface area contributed by atoms with Gasteiger partial charge < -0.3 is 10.4 Å². The van der Waals surface area contributed by atoms with Gasteiger partial charge in [-0.15, -0.1) is 0 Å². The molecule has 0 radical (unpaired) electrons. The molecule has 0 atom stereocenters. The summed E-state index contributed by atoms with van der Waals surface area (Å²) in [5.41, 5.74) is 1.48. The summed E-state index contributed by atoms with van der Waals surface area (Å²) in [5.74, 6) is -0.630. The van der Waals surface area contributed by atoms with E-state index < -0.39 is 5.97 Å². The third-order valence-corrected chi connectivity index (χ3v) is 3.80. The van der Waals surface area contributed by atoms with Gasteiger partial charge in [0.2, 0.25) is 5.91 Å². The predicted octanol–water partition coefficient (Wildman–Crippen LogP) is 3.22. The molecule has 108 valence electrons. The fourth-order valence-corrected chi connectivity index (χ4v) is 2.67. The first-order valence-corrected chi connectivity index (χ1v) is 7.27. The van der Waals surface area contributed by atoms with E-state index in [1.54, 1.807) is 24.3 Å². The minimum atomic E-state index is -0.847. The van der Waals surface area contributed by atoms with Crippen LogP contribution >= 0.6 is 0 Å². The highest BCUT2D eigenvalue weighted by Gasteiger charge is 2.19. The van der Waals surface area contributed by atoms with E-state index in [4.69, 9.17) is 5.11 Å². The van der Waals surface area contributed by atoms with Crippen molar-refractivity contribution in [2.45, 2.75) is 44.9 Å². The molecule has 20 heavy (non-hydrogen) atoms. The lowest BCUT2D eigenvalue weighted by Crippen LogP contribution is -2.22. The standard InChI is InChI=1S/C16H21NO3/c18-15(19)11-12-7-9-14(10-8-12)17-16(20)13-5-3-1-2-4-6-13/h7-10,13H,1-6,11H2,(H,17,20)(H,18,19). The van der Waals surface area contributed by atoms with Gasteiger partial charge >= 0.3 is 5.97 Å². The summed E-state index contributed by atoms with van der Waals surface area (Å²) in [6.07, 6.45) is 6.69. The normalized spacial score (nSPS) is 16.4. The van der Waals surface area contributed by atoms with Gasteiger partial charge in [0.25, 0.3) is 0 Å².